The Balaban J connectivity index is 2.39. The SMILES string of the molecule is CON1OCc2ccccc21. The first kappa shape index (κ1) is 6.64. The molecular formula is C8H9NO2. The standard InChI is InChI=1S/C8H9NO2/c1-10-9-8-5-3-2-4-7(8)6-11-9/h2-5H,6H2,1H3. The zero-order valence-corrected chi connectivity index (χ0v) is 6.28. The van der Waals surface area contributed by atoms with Gasteiger partial charge in [-0.05, 0) is 6.07 Å². The summed E-state index contributed by atoms with van der Waals surface area (Å²) in [5, 5.41) is 1.43. The Morgan fingerprint density at radius 2 is 2.27 bits per heavy atom. The van der Waals surface area contributed by atoms with Crippen molar-refractivity contribution in [2.45, 2.75) is 6.61 Å². The van der Waals surface area contributed by atoms with Crippen LogP contribution in [0.3, 0.4) is 0 Å². The fourth-order valence-corrected chi connectivity index (χ4v) is 1.16. The number of hydrogen-bond donors (Lipinski definition) is 0. The molecule has 1 heterocycles. The average Bonchev–Trinajstić information content (AvgIpc) is 2.47. The minimum Gasteiger partial charge on any atom is -0.252 e. The first-order chi connectivity index (χ1) is 5.42. The van der Waals surface area contributed by atoms with Crippen LogP contribution in [0, 0.1) is 0 Å². The summed E-state index contributed by atoms with van der Waals surface area (Å²) in [6.07, 6.45) is 0. The van der Waals surface area contributed by atoms with Gasteiger partial charge in [0.2, 0.25) is 0 Å². The summed E-state index contributed by atoms with van der Waals surface area (Å²) in [5.74, 6) is 0. The molecule has 0 radical (unpaired) electrons. The van der Waals surface area contributed by atoms with Crippen LogP contribution >= 0.6 is 0 Å². The summed E-state index contributed by atoms with van der Waals surface area (Å²) < 4.78 is 0. The van der Waals surface area contributed by atoms with Crippen LogP contribution in [0.1, 0.15) is 5.56 Å². The highest BCUT2D eigenvalue weighted by Gasteiger charge is 2.18. The van der Waals surface area contributed by atoms with E-state index >= 15 is 0 Å². The van der Waals surface area contributed by atoms with E-state index in [0.717, 1.165) is 11.3 Å². The van der Waals surface area contributed by atoms with E-state index in [4.69, 9.17) is 9.68 Å². The zero-order valence-electron chi connectivity index (χ0n) is 6.28. The predicted octanol–water partition coefficient (Wildman–Crippen LogP) is 1.50. The Morgan fingerprint density at radius 1 is 1.45 bits per heavy atom. The van der Waals surface area contributed by atoms with E-state index in [1.807, 2.05) is 24.3 Å². The molecule has 1 aliphatic rings. The van der Waals surface area contributed by atoms with E-state index in [1.165, 1.54) is 5.23 Å². The van der Waals surface area contributed by atoms with Gasteiger partial charge in [-0.3, -0.25) is 4.84 Å². The second kappa shape index (κ2) is 2.53. The highest BCUT2D eigenvalue weighted by Crippen LogP contribution is 2.27. The molecule has 1 aliphatic heterocycles. The molecule has 0 bridgehead atoms. The topological polar surface area (TPSA) is 21.7 Å². The van der Waals surface area contributed by atoms with E-state index in [0.29, 0.717) is 6.61 Å². The Hall–Kier alpha value is -1.06. The van der Waals surface area contributed by atoms with Crippen LogP contribution in [-0.4, -0.2) is 7.11 Å². The van der Waals surface area contributed by atoms with Crippen molar-refractivity contribution in [1.82, 2.24) is 0 Å². The first-order valence-electron chi connectivity index (χ1n) is 3.47. The molecule has 1 aromatic carbocycles. The third kappa shape index (κ3) is 0.982. The second-order valence-electron chi connectivity index (χ2n) is 2.34. The molecule has 2 rings (SSSR count). The maximum Gasteiger partial charge on any atom is 0.105 e. The van der Waals surface area contributed by atoms with Gasteiger partial charge in [0.05, 0.1) is 7.11 Å². The molecule has 0 saturated heterocycles. The van der Waals surface area contributed by atoms with Gasteiger partial charge < -0.3 is 0 Å². The molecule has 1 aromatic rings. The van der Waals surface area contributed by atoms with Gasteiger partial charge in [-0.2, -0.15) is 0 Å². The van der Waals surface area contributed by atoms with Crippen LogP contribution in [0.4, 0.5) is 5.69 Å². The molecular weight excluding hydrogens is 142 g/mol. The van der Waals surface area contributed by atoms with Crippen LogP contribution in [0.15, 0.2) is 24.3 Å². The first-order valence-corrected chi connectivity index (χ1v) is 3.47. The van der Waals surface area contributed by atoms with E-state index in [2.05, 4.69) is 0 Å². The lowest BCUT2D eigenvalue weighted by Gasteiger charge is -2.12. The molecule has 0 N–H and O–H groups in total. The van der Waals surface area contributed by atoms with Crippen molar-refractivity contribution in [3.05, 3.63) is 29.8 Å². The summed E-state index contributed by atoms with van der Waals surface area (Å²) >= 11 is 0. The summed E-state index contributed by atoms with van der Waals surface area (Å²) in [6.45, 7) is 0.601. The van der Waals surface area contributed by atoms with Gasteiger partial charge in [0.1, 0.15) is 12.3 Å². The number of rotatable bonds is 1. The van der Waals surface area contributed by atoms with Crippen LogP contribution < -0.4 is 5.23 Å². The fraction of sp³-hybridized carbons (Fsp3) is 0.250. The van der Waals surface area contributed by atoms with Gasteiger partial charge >= 0.3 is 0 Å². The third-order valence-electron chi connectivity index (χ3n) is 1.69. The van der Waals surface area contributed by atoms with Gasteiger partial charge in [0.15, 0.2) is 0 Å². The quantitative estimate of drug-likeness (QED) is 0.607. The zero-order chi connectivity index (χ0) is 7.68. The fourth-order valence-electron chi connectivity index (χ4n) is 1.16. The van der Waals surface area contributed by atoms with E-state index in [1.54, 1.807) is 7.11 Å². The Bertz CT molecular complexity index is 262. The molecule has 0 aliphatic carbocycles. The molecule has 0 atom stereocenters. The molecule has 0 aromatic heterocycles. The Labute approximate surface area is 65.1 Å². The average molecular weight is 151 g/mol. The van der Waals surface area contributed by atoms with Crippen LogP contribution in [-0.2, 0) is 16.3 Å². The third-order valence-corrected chi connectivity index (χ3v) is 1.69. The minimum absolute atomic E-state index is 0.601. The number of nitrogens with zero attached hydrogens (tertiary/aromatic N) is 1. The van der Waals surface area contributed by atoms with E-state index < -0.39 is 0 Å². The van der Waals surface area contributed by atoms with Gasteiger partial charge in [-0.25, -0.2) is 4.84 Å². The van der Waals surface area contributed by atoms with Gasteiger partial charge in [-0.15, -0.1) is 5.23 Å². The Morgan fingerprint density at radius 3 is 3.09 bits per heavy atom. The molecule has 0 fully saturated rings. The highest BCUT2D eigenvalue weighted by atomic mass is 16.9. The van der Waals surface area contributed by atoms with Crippen molar-refractivity contribution >= 4 is 5.69 Å². The van der Waals surface area contributed by atoms with E-state index in [-0.39, 0.29) is 0 Å². The molecule has 58 valence electrons. The molecule has 0 amide bonds. The van der Waals surface area contributed by atoms with Crippen LogP contribution in [0.2, 0.25) is 0 Å². The number of para-hydroxylation sites is 1. The number of anilines is 1. The van der Waals surface area contributed by atoms with Gasteiger partial charge in [0.25, 0.3) is 0 Å². The molecule has 0 spiro atoms. The molecule has 0 unspecified atom stereocenters. The van der Waals surface area contributed by atoms with Crippen LogP contribution in [0.5, 0.6) is 0 Å². The second-order valence-corrected chi connectivity index (χ2v) is 2.34. The lowest BCUT2D eigenvalue weighted by atomic mass is 10.2. The largest absolute Gasteiger partial charge is 0.252 e. The molecule has 3 heteroatoms. The van der Waals surface area contributed by atoms with Crippen LogP contribution in [0.25, 0.3) is 0 Å². The van der Waals surface area contributed by atoms with Crippen molar-refractivity contribution in [2.24, 2.45) is 0 Å². The van der Waals surface area contributed by atoms with Crippen molar-refractivity contribution in [3.8, 4) is 0 Å². The number of hydrogen-bond acceptors (Lipinski definition) is 3. The Kier molecular flexibility index (Phi) is 1.52. The van der Waals surface area contributed by atoms with Crippen molar-refractivity contribution < 1.29 is 9.68 Å². The number of benzene rings is 1. The summed E-state index contributed by atoms with van der Waals surface area (Å²) in [7, 11) is 1.59. The van der Waals surface area contributed by atoms with Crippen molar-refractivity contribution in [2.75, 3.05) is 12.3 Å². The summed E-state index contributed by atoms with van der Waals surface area (Å²) in [5.41, 5.74) is 2.16. The molecule has 11 heavy (non-hydrogen) atoms. The lowest BCUT2D eigenvalue weighted by Crippen LogP contribution is -2.15. The maximum absolute atomic E-state index is 5.18. The molecule has 3 nitrogen and oxygen atoms in total. The monoisotopic (exact) mass is 151 g/mol. The summed E-state index contributed by atoms with van der Waals surface area (Å²) in [4.78, 5) is 10.1. The lowest BCUT2D eigenvalue weighted by molar-refractivity contribution is -0.0610. The van der Waals surface area contributed by atoms with Crippen molar-refractivity contribution in [1.29, 1.82) is 0 Å². The maximum atomic E-state index is 5.18. The minimum atomic E-state index is 0.601. The van der Waals surface area contributed by atoms with Gasteiger partial charge in [0, 0.05) is 5.56 Å². The van der Waals surface area contributed by atoms with Gasteiger partial charge in [-0.1, -0.05) is 18.2 Å². The smallest absolute Gasteiger partial charge is 0.105 e. The van der Waals surface area contributed by atoms with E-state index in [9.17, 15) is 0 Å². The highest BCUT2D eigenvalue weighted by molar-refractivity contribution is 5.51. The normalized spacial score (nSPS) is 15.2. The summed E-state index contributed by atoms with van der Waals surface area (Å²) in [6, 6.07) is 7.93. The number of fused-ring (bicyclic) bond motifs is 1. The molecule has 0 saturated carbocycles. The predicted molar refractivity (Wildman–Crippen MR) is 40.7 cm³/mol. The van der Waals surface area contributed by atoms with Crippen molar-refractivity contribution in [3.63, 3.8) is 0 Å².